The molecule has 1 N–H and O–H groups in total. The lowest BCUT2D eigenvalue weighted by Crippen LogP contribution is -2.12. The number of nitrogens with zero attached hydrogens (tertiary/aromatic N) is 2. The van der Waals surface area contributed by atoms with Crippen LogP contribution in [0.25, 0.3) is 0 Å². The fourth-order valence-corrected chi connectivity index (χ4v) is 3.73. The third kappa shape index (κ3) is 5.53. The Balaban J connectivity index is 1.42. The summed E-state index contributed by atoms with van der Waals surface area (Å²) < 4.78 is 13.1. The van der Waals surface area contributed by atoms with Crippen LogP contribution in [0.3, 0.4) is 0 Å². The molecular formula is C24H20Cl3N3O3. The molecule has 170 valence electrons. The van der Waals surface area contributed by atoms with E-state index in [1.165, 1.54) is 0 Å². The lowest BCUT2D eigenvalue weighted by molar-refractivity contribution is 0.0992. The second-order valence-electron chi connectivity index (χ2n) is 7.41. The first-order chi connectivity index (χ1) is 15.8. The molecule has 0 atom stereocenters. The number of aromatic nitrogens is 2. The quantitative estimate of drug-likeness (QED) is 0.296. The van der Waals surface area contributed by atoms with E-state index in [1.807, 2.05) is 19.9 Å². The zero-order valence-electron chi connectivity index (χ0n) is 17.9. The van der Waals surface area contributed by atoms with E-state index in [0.717, 1.165) is 11.3 Å². The Labute approximate surface area is 206 Å². The third-order valence-electron chi connectivity index (χ3n) is 5.02. The van der Waals surface area contributed by atoms with Crippen molar-refractivity contribution in [3.63, 3.8) is 0 Å². The van der Waals surface area contributed by atoms with Crippen molar-refractivity contribution in [3.8, 4) is 5.75 Å². The summed E-state index contributed by atoms with van der Waals surface area (Å²) in [6, 6.07) is 15.8. The molecule has 0 spiro atoms. The number of halogens is 3. The summed E-state index contributed by atoms with van der Waals surface area (Å²) in [5.41, 5.74) is 3.09. The van der Waals surface area contributed by atoms with Crippen LogP contribution >= 0.6 is 34.8 Å². The summed E-state index contributed by atoms with van der Waals surface area (Å²) in [6.07, 6.45) is 0. The monoisotopic (exact) mass is 503 g/mol. The average Bonchev–Trinajstić information content (AvgIpc) is 3.36. The fourth-order valence-electron chi connectivity index (χ4n) is 3.28. The first kappa shape index (κ1) is 23.2. The largest absolute Gasteiger partial charge is 0.486 e. The molecule has 2 heterocycles. The van der Waals surface area contributed by atoms with Crippen molar-refractivity contribution < 1.29 is 13.9 Å². The number of hydrogen-bond acceptors (Lipinski definition) is 4. The molecule has 0 saturated carbocycles. The van der Waals surface area contributed by atoms with Gasteiger partial charge in [-0.25, -0.2) is 0 Å². The van der Waals surface area contributed by atoms with Gasteiger partial charge in [0, 0.05) is 5.02 Å². The number of aryl methyl sites for hydroxylation is 1. The molecule has 0 bridgehead atoms. The van der Waals surface area contributed by atoms with Crippen LogP contribution in [0.5, 0.6) is 5.75 Å². The maximum atomic E-state index is 12.8. The number of rotatable bonds is 7. The molecule has 0 aliphatic rings. The van der Waals surface area contributed by atoms with Crippen LogP contribution < -0.4 is 10.1 Å². The van der Waals surface area contributed by atoms with E-state index >= 15 is 0 Å². The van der Waals surface area contributed by atoms with Gasteiger partial charge in [0.1, 0.15) is 18.1 Å². The normalized spacial score (nSPS) is 10.9. The second-order valence-corrected chi connectivity index (χ2v) is 8.67. The average molecular weight is 505 g/mol. The van der Waals surface area contributed by atoms with E-state index in [2.05, 4.69) is 10.4 Å². The maximum Gasteiger partial charge on any atom is 0.291 e. The molecule has 2 aromatic heterocycles. The number of carbonyl (C=O) groups is 1. The van der Waals surface area contributed by atoms with Gasteiger partial charge in [-0.15, -0.1) is 0 Å². The van der Waals surface area contributed by atoms with Crippen molar-refractivity contribution in [2.75, 3.05) is 5.32 Å². The van der Waals surface area contributed by atoms with Gasteiger partial charge in [-0.1, -0.05) is 40.9 Å². The molecule has 0 aliphatic carbocycles. The molecule has 33 heavy (non-hydrogen) atoms. The van der Waals surface area contributed by atoms with Crippen LogP contribution in [-0.4, -0.2) is 15.7 Å². The summed E-state index contributed by atoms with van der Waals surface area (Å²) in [5, 5.41) is 9.05. The first-order valence-corrected chi connectivity index (χ1v) is 11.2. The summed E-state index contributed by atoms with van der Waals surface area (Å²) in [5.74, 6) is 0.995. The Kier molecular flexibility index (Phi) is 6.98. The Morgan fingerprint density at radius 2 is 1.79 bits per heavy atom. The smallest absolute Gasteiger partial charge is 0.291 e. The molecule has 2 aromatic carbocycles. The van der Waals surface area contributed by atoms with Crippen molar-refractivity contribution in [1.82, 2.24) is 9.78 Å². The molecule has 0 unspecified atom stereocenters. The molecule has 0 fully saturated rings. The van der Waals surface area contributed by atoms with Gasteiger partial charge in [0.05, 0.1) is 33.7 Å². The summed E-state index contributed by atoms with van der Waals surface area (Å²) in [6.45, 7) is 4.41. The molecule has 4 rings (SSSR count). The summed E-state index contributed by atoms with van der Waals surface area (Å²) in [7, 11) is 0. The van der Waals surface area contributed by atoms with E-state index < -0.39 is 0 Å². The molecule has 9 heteroatoms. The van der Waals surface area contributed by atoms with Crippen LogP contribution in [0.15, 0.2) is 59.0 Å². The van der Waals surface area contributed by atoms with Crippen molar-refractivity contribution in [3.05, 3.63) is 98.1 Å². The molecular weight excluding hydrogens is 485 g/mol. The number of anilines is 1. The minimum atomic E-state index is -0.368. The highest BCUT2D eigenvalue weighted by atomic mass is 35.5. The molecule has 0 aliphatic heterocycles. The molecule has 6 nitrogen and oxygen atoms in total. The SMILES string of the molecule is Cc1nn(Cc2ccc(Cl)c(Cl)c2)c(C)c1NC(=O)c1ccc(COc2ccc(Cl)cc2)o1. The predicted molar refractivity (Wildman–Crippen MR) is 130 cm³/mol. The number of furan rings is 1. The van der Waals surface area contributed by atoms with Gasteiger partial charge in [0.25, 0.3) is 5.91 Å². The van der Waals surface area contributed by atoms with Crippen LogP contribution in [0.1, 0.15) is 33.3 Å². The van der Waals surface area contributed by atoms with E-state index in [0.29, 0.717) is 44.5 Å². The van der Waals surface area contributed by atoms with Gasteiger partial charge >= 0.3 is 0 Å². The minimum Gasteiger partial charge on any atom is -0.486 e. The third-order valence-corrected chi connectivity index (χ3v) is 6.01. The number of hydrogen-bond donors (Lipinski definition) is 1. The van der Waals surface area contributed by atoms with Crippen molar-refractivity contribution in [2.24, 2.45) is 0 Å². The Morgan fingerprint density at radius 1 is 1.03 bits per heavy atom. The second kappa shape index (κ2) is 9.91. The molecule has 0 radical (unpaired) electrons. The Morgan fingerprint density at radius 3 is 2.52 bits per heavy atom. The van der Waals surface area contributed by atoms with Gasteiger partial charge in [0.2, 0.25) is 0 Å². The summed E-state index contributed by atoms with van der Waals surface area (Å²) >= 11 is 18.0. The predicted octanol–water partition coefficient (Wildman–Crippen LogP) is 6.93. The number of nitrogens with one attached hydrogen (secondary N) is 1. The molecule has 4 aromatic rings. The number of benzene rings is 2. The summed E-state index contributed by atoms with van der Waals surface area (Å²) in [4.78, 5) is 12.8. The van der Waals surface area contributed by atoms with Gasteiger partial charge in [-0.05, 0) is 67.9 Å². The molecule has 1 amide bonds. The minimum absolute atomic E-state index is 0.181. The van der Waals surface area contributed by atoms with Crippen molar-refractivity contribution in [1.29, 1.82) is 0 Å². The first-order valence-electron chi connectivity index (χ1n) is 10.1. The zero-order valence-corrected chi connectivity index (χ0v) is 20.1. The topological polar surface area (TPSA) is 69.3 Å². The number of ether oxygens (including phenoxy) is 1. The van der Waals surface area contributed by atoms with E-state index in [9.17, 15) is 4.79 Å². The van der Waals surface area contributed by atoms with Gasteiger partial charge in [-0.2, -0.15) is 5.10 Å². The van der Waals surface area contributed by atoms with Gasteiger partial charge in [-0.3, -0.25) is 9.48 Å². The van der Waals surface area contributed by atoms with Crippen LogP contribution in [0.4, 0.5) is 5.69 Å². The standard InChI is InChI=1S/C24H20Cl3N3O3/c1-14-23(15(2)30(29-14)12-16-3-9-20(26)21(27)11-16)28-24(31)22-10-8-19(33-22)13-32-18-6-4-17(25)5-7-18/h3-11H,12-13H2,1-2H3,(H,28,31). The maximum absolute atomic E-state index is 12.8. The lowest BCUT2D eigenvalue weighted by atomic mass is 10.2. The van der Waals surface area contributed by atoms with E-state index in [1.54, 1.807) is 53.2 Å². The number of carbonyl (C=O) groups excluding carboxylic acids is 1. The van der Waals surface area contributed by atoms with Gasteiger partial charge < -0.3 is 14.5 Å². The fraction of sp³-hybridized carbons (Fsp3) is 0.167. The van der Waals surface area contributed by atoms with Gasteiger partial charge in [0.15, 0.2) is 5.76 Å². The van der Waals surface area contributed by atoms with E-state index in [4.69, 9.17) is 44.0 Å². The Hall–Kier alpha value is -2.93. The van der Waals surface area contributed by atoms with E-state index in [-0.39, 0.29) is 18.3 Å². The number of amides is 1. The highest BCUT2D eigenvalue weighted by molar-refractivity contribution is 6.42. The van der Waals surface area contributed by atoms with Crippen LogP contribution in [0, 0.1) is 13.8 Å². The zero-order chi connectivity index (χ0) is 23.5. The van der Waals surface area contributed by atoms with Crippen LogP contribution in [-0.2, 0) is 13.2 Å². The Bertz CT molecular complexity index is 1300. The van der Waals surface area contributed by atoms with Crippen LogP contribution in [0.2, 0.25) is 15.1 Å². The lowest BCUT2D eigenvalue weighted by Gasteiger charge is -2.07. The van der Waals surface area contributed by atoms with Crippen molar-refractivity contribution in [2.45, 2.75) is 27.0 Å². The highest BCUT2D eigenvalue weighted by Gasteiger charge is 2.18. The highest BCUT2D eigenvalue weighted by Crippen LogP contribution is 2.25. The van der Waals surface area contributed by atoms with Crippen molar-refractivity contribution >= 4 is 46.4 Å². The molecule has 0 saturated heterocycles.